The molecule has 0 amide bonds. The minimum Gasteiger partial charge on any atom is -0.256 e. The van der Waals surface area contributed by atoms with Gasteiger partial charge in [-0.05, 0) is 97.8 Å². The molecule has 0 atom stereocenters. The average Bonchev–Trinajstić information content (AvgIpc) is 3.00. The average molecular weight is 544 g/mol. The smallest absolute Gasteiger partial charge is 0.0708 e. The largest absolute Gasteiger partial charge is 0.256 e. The Bertz CT molecular complexity index is 1990. The molecule has 1 aliphatic rings. The van der Waals surface area contributed by atoms with Crippen LogP contribution in [0.25, 0.3) is 55.4 Å². The maximum absolute atomic E-state index is 4.95. The first kappa shape index (κ1) is 26.4. The third-order valence-corrected chi connectivity index (χ3v) is 10.1. The molecule has 0 unspecified atom stereocenters. The lowest BCUT2D eigenvalue weighted by atomic mass is 9.54. The van der Waals surface area contributed by atoms with E-state index in [0.29, 0.717) is 0 Å². The summed E-state index contributed by atoms with van der Waals surface area (Å²) in [6.45, 7) is 14.0. The quantitative estimate of drug-likeness (QED) is 0.216. The Hall–Kier alpha value is -4.49. The van der Waals surface area contributed by atoms with E-state index >= 15 is 0 Å². The summed E-state index contributed by atoms with van der Waals surface area (Å²) in [5, 5.41) is 2.66. The Labute approximate surface area is 249 Å². The van der Waals surface area contributed by atoms with Gasteiger partial charge in [0.15, 0.2) is 0 Å². The standard InChI is InChI=1S/C41H37N/c1-26-22-30(28-12-8-7-9-13-28)17-19-32(26)35-24-38(42-25-27(35)2)31-18-21-37-36(23-31)34-20-16-29-14-10-11-15-33(29)39(34)41(5,6)40(37,3)4/h7-25H,1-6H3. The van der Waals surface area contributed by atoms with E-state index < -0.39 is 0 Å². The minimum atomic E-state index is -0.0402. The fourth-order valence-electron chi connectivity index (χ4n) is 7.04. The van der Waals surface area contributed by atoms with E-state index in [4.69, 9.17) is 4.98 Å². The van der Waals surface area contributed by atoms with Gasteiger partial charge in [0, 0.05) is 17.2 Å². The van der Waals surface area contributed by atoms with Crippen molar-refractivity contribution in [2.45, 2.75) is 52.4 Å². The number of aryl methyl sites for hydroxylation is 2. The molecule has 42 heavy (non-hydrogen) atoms. The van der Waals surface area contributed by atoms with Gasteiger partial charge in [-0.15, -0.1) is 0 Å². The Morgan fingerprint density at radius 1 is 0.500 bits per heavy atom. The highest BCUT2D eigenvalue weighted by Crippen LogP contribution is 2.56. The summed E-state index contributed by atoms with van der Waals surface area (Å²) in [5.74, 6) is 0. The molecule has 0 spiro atoms. The van der Waals surface area contributed by atoms with Crippen molar-refractivity contribution >= 4 is 10.8 Å². The summed E-state index contributed by atoms with van der Waals surface area (Å²) < 4.78 is 0. The predicted molar refractivity (Wildman–Crippen MR) is 179 cm³/mol. The third kappa shape index (κ3) is 3.95. The normalized spacial score (nSPS) is 14.8. The van der Waals surface area contributed by atoms with Gasteiger partial charge in [-0.3, -0.25) is 4.98 Å². The van der Waals surface area contributed by atoms with Crippen LogP contribution in [0.15, 0.2) is 115 Å². The van der Waals surface area contributed by atoms with E-state index in [1.165, 1.54) is 66.4 Å². The van der Waals surface area contributed by atoms with Gasteiger partial charge in [0.25, 0.3) is 0 Å². The van der Waals surface area contributed by atoms with Gasteiger partial charge < -0.3 is 0 Å². The molecular formula is C41H37N. The number of benzene rings is 5. The number of aromatic nitrogens is 1. The molecule has 0 saturated carbocycles. The molecule has 0 radical (unpaired) electrons. The zero-order valence-corrected chi connectivity index (χ0v) is 25.4. The zero-order chi connectivity index (χ0) is 29.2. The molecule has 0 N–H and O–H groups in total. The number of pyridine rings is 1. The number of fused-ring (bicyclic) bond motifs is 5. The molecule has 1 heterocycles. The van der Waals surface area contributed by atoms with E-state index in [-0.39, 0.29) is 10.8 Å². The second-order valence-corrected chi connectivity index (χ2v) is 13.0. The van der Waals surface area contributed by atoms with Crippen molar-refractivity contribution in [3.63, 3.8) is 0 Å². The SMILES string of the molecule is Cc1cc(-c2ccccc2)ccc1-c1cc(-c2ccc3c(c2)-c2ccc4ccccc4c2C(C)(C)C3(C)C)ncc1C. The number of rotatable bonds is 3. The lowest BCUT2D eigenvalue weighted by Crippen LogP contribution is -2.43. The van der Waals surface area contributed by atoms with Crippen LogP contribution in [0.3, 0.4) is 0 Å². The molecule has 0 fully saturated rings. The molecule has 5 aromatic carbocycles. The summed E-state index contributed by atoms with van der Waals surface area (Å²) in [5.41, 5.74) is 15.0. The van der Waals surface area contributed by atoms with Crippen molar-refractivity contribution in [2.24, 2.45) is 0 Å². The summed E-state index contributed by atoms with van der Waals surface area (Å²) in [6, 6.07) is 40.1. The van der Waals surface area contributed by atoms with E-state index in [9.17, 15) is 0 Å². The Balaban J connectivity index is 1.36. The Morgan fingerprint density at radius 3 is 2.00 bits per heavy atom. The Morgan fingerprint density at radius 2 is 1.21 bits per heavy atom. The predicted octanol–water partition coefficient (Wildman–Crippen LogP) is 11.1. The monoisotopic (exact) mass is 543 g/mol. The van der Waals surface area contributed by atoms with Crippen LogP contribution in [0.2, 0.25) is 0 Å². The van der Waals surface area contributed by atoms with Crippen LogP contribution in [0, 0.1) is 13.8 Å². The van der Waals surface area contributed by atoms with Crippen LogP contribution in [0.5, 0.6) is 0 Å². The van der Waals surface area contributed by atoms with Gasteiger partial charge in [-0.1, -0.05) is 125 Å². The van der Waals surface area contributed by atoms with Crippen LogP contribution in [-0.4, -0.2) is 4.98 Å². The molecule has 206 valence electrons. The van der Waals surface area contributed by atoms with E-state index in [2.05, 4.69) is 151 Å². The van der Waals surface area contributed by atoms with Gasteiger partial charge in [-0.2, -0.15) is 0 Å². The summed E-state index contributed by atoms with van der Waals surface area (Å²) in [7, 11) is 0. The number of hydrogen-bond donors (Lipinski definition) is 0. The molecule has 1 nitrogen and oxygen atoms in total. The maximum Gasteiger partial charge on any atom is 0.0708 e. The highest BCUT2D eigenvalue weighted by Gasteiger charge is 2.46. The van der Waals surface area contributed by atoms with Crippen molar-refractivity contribution in [2.75, 3.05) is 0 Å². The van der Waals surface area contributed by atoms with Crippen LogP contribution in [0.1, 0.15) is 49.9 Å². The van der Waals surface area contributed by atoms with Gasteiger partial charge in [0.2, 0.25) is 0 Å². The second kappa shape index (κ2) is 9.53. The Kier molecular flexibility index (Phi) is 5.99. The van der Waals surface area contributed by atoms with E-state index in [0.717, 1.165) is 11.3 Å². The number of hydrogen-bond acceptors (Lipinski definition) is 1. The molecule has 1 aromatic heterocycles. The molecule has 0 aliphatic heterocycles. The van der Waals surface area contributed by atoms with Gasteiger partial charge in [0.05, 0.1) is 5.69 Å². The molecule has 0 bridgehead atoms. The molecule has 1 heteroatoms. The lowest BCUT2D eigenvalue weighted by Gasteiger charge is -2.49. The van der Waals surface area contributed by atoms with Gasteiger partial charge in [-0.25, -0.2) is 0 Å². The van der Waals surface area contributed by atoms with Crippen molar-refractivity contribution < 1.29 is 0 Å². The van der Waals surface area contributed by atoms with Crippen LogP contribution in [0.4, 0.5) is 0 Å². The summed E-state index contributed by atoms with van der Waals surface area (Å²) >= 11 is 0. The first-order chi connectivity index (χ1) is 20.2. The highest BCUT2D eigenvalue weighted by atomic mass is 14.7. The fourth-order valence-corrected chi connectivity index (χ4v) is 7.04. The highest BCUT2D eigenvalue weighted by molar-refractivity contribution is 5.96. The van der Waals surface area contributed by atoms with Crippen LogP contribution >= 0.6 is 0 Å². The van der Waals surface area contributed by atoms with Crippen LogP contribution in [-0.2, 0) is 10.8 Å². The fraction of sp³-hybridized carbons (Fsp3) is 0.195. The summed E-state index contributed by atoms with van der Waals surface area (Å²) in [4.78, 5) is 4.95. The molecule has 1 aliphatic carbocycles. The molecule has 7 rings (SSSR count). The topological polar surface area (TPSA) is 12.9 Å². The first-order valence-corrected chi connectivity index (χ1v) is 15.0. The van der Waals surface area contributed by atoms with Crippen molar-refractivity contribution in [3.05, 3.63) is 138 Å². The van der Waals surface area contributed by atoms with Gasteiger partial charge in [0.1, 0.15) is 0 Å². The van der Waals surface area contributed by atoms with Crippen LogP contribution < -0.4 is 0 Å². The van der Waals surface area contributed by atoms with Gasteiger partial charge >= 0.3 is 0 Å². The lowest BCUT2D eigenvalue weighted by molar-refractivity contribution is 0.301. The first-order valence-electron chi connectivity index (χ1n) is 15.0. The van der Waals surface area contributed by atoms with E-state index in [1.807, 2.05) is 6.20 Å². The van der Waals surface area contributed by atoms with Crippen molar-refractivity contribution in [1.82, 2.24) is 4.98 Å². The minimum absolute atomic E-state index is 0.0313. The summed E-state index contributed by atoms with van der Waals surface area (Å²) in [6.07, 6.45) is 2.03. The molecular weight excluding hydrogens is 506 g/mol. The number of nitrogens with zero attached hydrogens (tertiary/aromatic N) is 1. The van der Waals surface area contributed by atoms with E-state index in [1.54, 1.807) is 0 Å². The van der Waals surface area contributed by atoms with Crippen molar-refractivity contribution in [3.8, 4) is 44.6 Å². The second-order valence-electron chi connectivity index (χ2n) is 13.0. The van der Waals surface area contributed by atoms with Crippen molar-refractivity contribution in [1.29, 1.82) is 0 Å². The molecule has 6 aromatic rings. The molecule has 0 saturated heterocycles. The maximum atomic E-state index is 4.95. The third-order valence-electron chi connectivity index (χ3n) is 10.1. The zero-order valence-electron chi connectivity index (χ0n) is 25.4.